The minimum absolute atomic E-state index is 0.255. The van der Waals surface area contributed by atoms with Crippen molar-refractivity contribution in [3.8, 4) is 0 Å². The summed E-state index contributed by atoms with van der Waals surface area (Å²) in [5.74, 6) is -2.35. The van der Waals surface area contributed by atoms with Crippen LogP contribution in [0.4, 0.5) is 8.78 Å². The van der Waals surface area contributed by atoms with E-state index in [0.29, 0.717) is 13.1 Å². The molecule has 0 aliphatic heterocycles. The standard InChI is InChI=1S/C13H18F2N2O/c1-3-6-16-7-8-17-13(18)11-10(14)5-4-9(2)12(11)15/h4-5,16H,3,6-8H2,1-2H3,(H,17,18). The number of halogens is 2. The molecule has 0 atom stereocenters. The molecule has 0 saturated heterocycles. The molecule has 1 amide bonds. The van der Waals surface area contributed by atoms with Crippen LogP contribution < -0.4 is 10.6 Å². The lowest BCUT2D eigenvalue weighted by molar-refractivity contribution is 0.0945. The van der Waals surface area contributed by atoms with E-state index in [9.17, 15) is 13.6 Å². The third-order valence-electron chi connectivity index (χ3n) is 2.53. The Morgan fingerprint density at radius 3 is 2.61 bits per heavy atom. The number of hydrogen-bond donors (Lipinski definition) is 2. The Hall–Kier alpha value is -1.49. The van der Waals surface area contributed by atoms with Gasteiger partial charge in [-0.3, -0.25) is 4.79 Å². The van der Waals surface area contributed by atoms with Crippen LogP contribution in [-0.2, 0) is 0 Å². The van der Waals surface area contributed by atoms with Crippen molar-refractivity contribution >= 4 is 5.91 Å². The van der Waals surface area contributed by atoms with E-state index >= 15 is 0 Å². The number of aryl methyl sites for hydroxylation is 1. The fraction of sp³-hybridized carbons (Fsp3) is 0.462. The molecular weight excluding hydrogens is 238 g/mol. The Morgan fingerprint density at radius 2 is 1.94 bits per heavy atom. The second-order valence-corrected chi connectivity index (χ2v) is 4.06. The number of hydrogen-bond acceptors (Lipinski definition) is 2. The highest BCUT2D eigenvalue weighted by Gasteiger charge is 2.18. The molecule has 0 fully saturated rings. The molecular formula is C13H18F2N2O. The zero-order chi connectivity index (χ0) is 13.5. The van der Waals surface area contributed by atoms with Gasteiger partial charge >= 0.3 is 0 Å². The summed E-state index contributed by atoms with van der Waals surface area (Å²) in [6.45, 7) is 5.29. The monoisotopic (exact) mass is 256 g/mol. The van der Waals surface area contributed by atoms with Crippen molar-refractivity contribution in [3.05, 3.63) is 34.9 Å². The molecule has 0 bridgehead atoms. The summed E-state index contributed by atoms with van der Waals surface area (Å²) in [4.78, 5) is 11.7. The quantitative estimate of drug-likeness (QED) is 0.764. The van der Waals surface area contributed by atoms with Crippen LogP contribution in [0, 0.1) is 18.6 Å². The SMILES string of the molecule is CCCNCCNC(=O)c1c(F)ccc(C)c1F. The molecule has 1 aromatic carbocycles. The Kier molecular flexibility index (Phi) is 5.71. The van der Waals surface area contributed by atoms with Crippen LogP contribution >= 0.6 is 0 Å². The molecule has 0 spiro atoms. The summed E-state index contributed by atoms with van der Waals surface area (Å²) in [6.07, 6.45) is 0.995. The number of amides is 1. The third-order valence-corrected chi connectivity index (χ3v) is 2.53. The Balaban J connectivity index is 2.59. The van der Waals surface area contributed by atoms with Crippen LogP contribution in [0.15, 0.2) is 12.1 Å². The largest absolute Gasteiger partial charge is 0.351 e. The van der Waals surface area contributed by atoms with Crippen molar-refractivity contribution in [2.24, 2.45) is 0 Å². The zero-order valence-corrected chi connectivity index (χ0v) is 10.6. The molecule has 0 aromatic heterocycles. The van der Waals surface area contributed by atoms with Crippen LogP contribution in [0.2, 0.25) is 0 Å². The molecule has 0 radical (unpaired) electrons. The van der Waals surface area contributed by atoms with Crippen molar-refractivity contribution < 1.29 is 13.6 Å². The molecule has 18 heavy (non-hydrogen) atoms. The highest BCUT2D eigenvalue weighted by atomic mass is 19.1. The van der Waals surface area contributed by atoms with Gasteiger partial charge in [0, 0.05) is 13.1 Å². The maximum Gasteiger partial charge on any atom is 0.257 e. The summed E-state index contributed by atoms with van der Waals surface area (Å²) in [7, 11) is 0. The minimum Gasteiger partial charge on any atom is -0.351 e. The molecule has 0 aliphatic carbocycles. The molecule has 0 saturated carbocycles. The number of rotatable bonds is 6. The number of carbonyl (C=O) groups excluding carboxylic acids is 1. The fourth-order valence-corrected chi connectivity index (χ4v) is 1.52. The van der Waals surface area contributed by atoms with Crippen LogP contribution in [0.3, 0.4) is 0 Å². The topological polar surface area (TPSA) is 41.1 Å². The van der Waals surface area contributed by atoms with Crippen molar-refractivity contribution in [1.82, 2.24) is 10.6 Å². The third kappa shape index (κ3) is 3.77. The van der Waals surface area contributed by atoms with E-state index in [1.165, 1.54) is 13.0 Å². The molecule has 0 heterocycles. The minimum atomic E-state index is -0.836. The van der Waals surface area contributed by atoms with Crippen molar-refractivity contribution in [2.45, 2.75) is 20.3 Å². The summed E-state index contributed by atoms with van der Waals surface area (Å²) in [6, 6.07) is 2.41. The first-order chi connectivity index (χ1) is 8.57. The molecule has 5 heteroatoms. The lowest BCUT2D eigenvalue weighted by Gasteiger charge is -2.09. The number of carbonyl (C=O) groups is 1. The molecule has 2 N–H and O–H groups in total. The Morgan fingerprint density at radius 1 is 1.22 bits per heavy atom. The van der Waals surface area contributed by atoms with Crippen molar-refractivity contribution in [1.29, 1.82) is 0 Å². The fourth-order valence-electron chi connectivity index (χ4n) is 1.52. The highest BCUT2D eigenvalue weighted by molar-refractivity contribution is 5.94. The first kappa shape index (κ1) is 14.6. The Labute approximate surface area is 106 Å². The van der Waals surface area contributed by atoms with Gasteiger partial charge in [0.1, 0.15) is 17.2 Å². The first-order valence-corrected chi connectivity index (χ1v) is 6.01. The maximum atomic E-state index is 13.6. The molecule has 1 rings (SSSR count). The van der Waals surface area contributed by atoms with Gasteiger partial charge in [-0.05, 0) is 31.5 Å². The number of benzene rings is 1. The normalized spacial score (nSPS) is 10.4. The van der Waals surface area contributed by atoms with Gasteiger partial charge in [-0.25, -0.2) is 8.78 Å². The average Bonchev–Trinajstić information content (AvgIpc) is 2.34. The van der Waals surface area contributed by atoms with E-state index < -0.39 is 23.1 Å². The summed E-state index contributed by atoms with van der Waals surface area (Å²) in [5, 5.41) is 5.57. The molecule has 100 valence electrons. The smallest absolute Gasteiger partial charge is 0.257 e. The number of nitrogens with one attached hydrogen (secondary N) is 2. The summed E-state index contributed by atoms with van der Waals surface area (Å²) in [5.41, 5.74) is -0.254. The molecule has 0 unspecified atom stereocenters. The first-order valence-electron chi connectivity index (χ1n) is 6.01. The van der Waals surface area contributed by atoms with E-state index in [-0.39, 0.29) is 5.56 Å². The van der Waals surface area contributed by atoms with Gasteiger partial charge in [0.25, 0.3) is 5.91 Å². The molecule has 3 nitrogen and oxygen atoms in total. The van der Waals surface area contributed by atoms with Gasteiger partial charge in [0.15, 0.2) is 0 Å². The zero-order valence-electron chi connectivity index (χ0n) is 10.6. The van der Waals surface area contributed by atoms with E-state index in [4.69, 9.17) is 0 Å². The average molecular weight is 256 g/mol. The van der Waals surface area contributed by atoms with Crippen LogP contribution in [0.1, 0.15) is 29.3 Å². The summed E-state index contributed by atoms with van der Waals surface area (Å²) >= 11 is 0. The second kappa shape index (κ2) is 7.06. The van der Waals surface area contributed by atoms with E-state index in [0.717, 1.165) is 19.0 Å². The van der Waals surface area contributed by atoms with Gasteiger partial charge in [-0.1, -0.05) is 13.0 Å². The van der Waals surface area contributed by atoms with E-state index in [1.54, 1.807) is 0 Å². The Bertz CT molecular complexity index is 422. The van der Waals surface area contributed by atoms with Crippen LogP contribution in [-0.4, -0.2) is 25.5 Å². The predicted octanol–water partition coefficient (Wildman–Crippen LogP) is 2.00. The highest BCUT2D eigenvalue weighted by Crippen LogP contribution is 2.15. The van der Waals surface area contributed by atoms with E-state index in [2.05, 4.69) is 10.6 Å². The lowest BCUT2D eigenvalue weighted by atomic mass is 10.1. The van der Waals surface area contributed by atoms with Crippen molar-refractivity contribution in [2.75, 3.05) is 19.6 Å². The van der Waals surface area contributed by atoms with Gasteiger partial charge in [0.2, 0.25) is 0 Å². The van der Waals surface area contributed by atoms with E-state index in [1.807, 2.05) is 6.92 Å². The lowest BCUT2D eigenvalue weighted by Crippen LogP contribution is -2.33. The molecule has 0 aliphatic rings. The van der Waals surface area contributed by atoms with Gasteiger partial charge in [-0.2, -0.15) is 0 Å². The maximum absolute atomic E-state index is 13.6. The molecule has 1 aromatic rings. The van der Waals surface area contributed by atoms with Gasteiger partial charge in [0.05, 0.1) is 0 Å². The van der Waals surface area contributed by atoms with Crippen LogP contribution in [0.5, 0.6) is 0 Å². The predicted molar refractivity (Wildman–Crippen MR) is 66.6 cm³/mol. The second-order valence-electron chi connectivity index (χ2n) is 4.06. The van der Waals surface area contributed by atoms with Gasteiger partial charge < -0.3 is 10.6 Å². The van der Waals surface area contributed by atoms with Crippen LogP contribution in [0.25, 0.3) is 0 Å². The van der Waals surface area contributed by atoms with Gasteiger partial charge in [-0.15, -0.1) is 0 Å². The summed E-state index contributed by atoms with van der Waals surface area (Å²) < 4.78 is 27.0. The van der Waals surface area contributed by atoms with Crippen molar-refractivity contribution in [3.63, 3.8) is 0 Å².